The van der Waals surface area contributed by atoms with Crippen LogP contribution in [0.4, 0.5) is 0 Å². The van der Waals surface area contributed by atoms with E-state index in [1.54, 1.807) is 0 Å². The van der Waals surface area contributed by atoms with Crippen molar-refractivity contribution >= 4 is 0 Å². The Bertz CT molecular complexity index is 161. The molecule has 0 N–H and O–H groups in total. The van der Waals surface area contributed by atoms with Crippen LogP contribution in [0, 0.1) is 13.8 Å². The third-order valence-corrected chi connectivity index (χ3v) is 1.30. The average Bonchev–Trinajstić information content (AvgIpc) is 2.00. The van der Waals surface area contributed by atoms with Crippen molar-refractivity contribution in [3.05, 3.63) is 29.6 Å². The van der Waals surface area contributed by atoms with E-state index in [2.05, 4.69) is 18.8 Å². The highest BCUT2D eigenvalue weighted by Crippen LogP contribution is 2.00. The summed E-state index contributed by atoms with van der Waals surface area (Å²) in [5.41, 5.74) is 2.56. The van der Waals surface area contributed by atoms with E-state index >= 15 is 0 Å². The summed E-state index contributed by atoms with van der Waals surface area (Å²) >= 11 is 0. The van der Waals surface area contributed by atoms with Crippen molar-refractivity contribution in [2.45, 2.75) is 27.7 Å². The average molecular weight is 137 g/mol. The summed E-state index contributed by atoms with van der Waals surface area (Å²) < 4.78 is 0. The summed E-state index contributed by atoms with van der Waals surface area (Å²) in [7, 11) is 0. The molecular weight excluding hydrogens is 122 g/mol. The lowest BCUT2D eigenvalue weighted by Gasteiger charge is -1.92. The lowest BCUT2D eigenvalue weighted by molar-refractivity contribution is 1.22. The Kier molecular flexibility index (Phi) is 4.55. The lowest BCUT2D eigenvalue weighted by atomic mass is 10.2. The molecule has 0 radical (unpaired) electrons. The van der Waals surface area contributed by atoms with Crippen molar-refractivity contribution < 1.29 is 0 Å². The highest BCUT2D eigenvalue weighted by atomic mass is 14.6. The fraction of sp³-hybridized carbons (Fsp3) is 0.444. The quantitative estimate of drug-likeness (QED) is 0.535. The molecule has 1 nitrogen and oxygen atoms in total. The molecule has 1 heterocycles. The van der Waals surface area contributed by atoms with Crippen molar-refractivity contribution in [2.24, 2.45) is 0 Å². The fourth-order valence-corrected chi connectivity index (χ4v) is 0.543. The van der Waals surface area contributed by atoms with E-state index in [-0.39, 0.29) is 0 Å². The summed E-state index contributed by atoms with van der Waals surface area (Å²) in [4.78, 5) is 3.95. The van der Waals surface area contributed by atoms with Crippen LogP contribution in [-0.2, 0) is 0 Å². The van der Waals surface area contributed by atoms with Gasteiger partial charge in [0.15, 0.2) is 0 Å². The summed E-state index contributed by atoms with van der Waals surface area (Å²) in [5.74, 6) is 0. The van der Waals surface area contributed by atoms with Crippen molar-refractivity contribution in [2.75, 3.05) is 0 Å². The largest absolute Gasteiger partial charge is 0.264 e. The van der Waals surface area contributed by atoms with Gasteiger partial charge in [-0.05, 0) is 31.0 Å². The molecule has 1 aromatic rings. The third kappa shape index (κ3) is 2.62. The second kappa shape index (κ2) is 4.98. The van der Waals surface area contributed by atoms with Crippen LogP contribution >= 0.6 is 0 Å². The first-order valence-corrected chi connectivity index (χ1v) is 3.68. The number of pyridine rings is 1. The number of aromatic nitrogens is 1. The monoisotopic (exact) mass is 137 g/mol. The zero-order chi connectivity index (χ0) is 7.98. The van der Waals surface area contributed by atoms with E-state index < -0.39 is 0 Å². The standard InChI is InChI=1S/C7H9N.C2H6/c1-6-3-4-8-5-7(6)2;1-2/h3-5H,1-2H3;1-2H3. The molecule has 0 aliphatic carbocycles. The van der Waals surface area contributed by atoms with Gasteiger partial charge in [-0.1, -0.05) is 13.8 Å². The Balaban J connectivity index is 0.000000371. The maximum atomic E-state index is 3.95. The van der Waals surface area contributed by atoms with Crippen molar-refractivity contribution in [3.63, 3.8) is 0 Å². The lowest BCUT2D eigenvalue weighted by Crippen LogP contribution is -1.78. The Morgan fingerprint density at radius 1 is 1.10 bits per heavy atom. The zero-order valence-electron chi connectivity index (χ0n) is 7.18. The normalized spacial score (nSPS) is 8.00. The molecule has 0 fully saturated rings. The molecule has 1 aromatic heterocycles. The molecule has 0 unspecified atom stereocenters. The second-order valence-corrected chi connectivity index (χ2v) is 1.96. The van der Waals surface area contributed by atoms with E-state index in [1.165, 1.54) is 11.1 Å². The number of hydrogen-bond donors (Lipinski definition) is 0. The van der Waals surface area contributed by atoms with E-state index in [0.717, 1.165) is 0 Å². The third-order valence-electron chi connectivity index (χ3n) is 1.30. The SMILES string of the molecule is CC.Cc1ccncc1C. The number of rotatable bonds is 0. The van der Waals surface area contributed by atoms with Gasteiger partial charge in [0.05, 0.1) is 0 Å². The van der Waals surface area contributed by atoms with Crippen molar-refractivity contribution in [1.29, 1.82) is 0 Å². The predicted octanol–water partition coefficient (Wildman–Crippen LogP) is 2.72. The van der Waals surface area contributed by atoms with Crippen LogP contribution in [0.2, 0.25) is 0 Å². The first kappa shape index (κ1) is 9.15. The Labute approximate surface area is 63.1 Å². The van der Waals surface area contributed by atoms with Crippen LogP contribution in [0.5, 0.6) is 0 Å². The van der Waals surface area contributed by atoms with Gasteiger partial charge in [0.25, 0.3) is 0 Å². The second-order valence-electron chi connectivity index (χ2n) is 1.96. The highest BCUT2D eigenvalue weighted by Gasteiger charge is 1.84. The molecule has 1 rings (SSSR count). The minimum Gasteiger partial charge on any atom is -0.264 e. The van der Waals surface area contributed by atoms with Gasteiger partial charge in [-0.3, -0.25) is 4.98 Å². The number of nitrogens with zero attached hydrogens (tertiary/aromatic N) is 1. The number of hydrogen-bond acceptors (Lipinski definition) is 1. The van der Waals surface area contributed by atoms with Gasteiger partial charge in [0, 0.05) is 12.4 Å². The van der Waals surface area contributed by atoms with Gasteiger partial charge in [0.2, 0.25) is 0 Å². The molecule has 10 heavy (non-hydrogen) atoms. The van der Waals surface area contributed by atoms with E-state index in [1.807, 2.05) is 32.3 Å². The van der Waals surface area contributed by atoms with Gasteiger partial charge in [0.1, 0.15) is 0 Å². The van der Waals surface area contributed by atoms with Gasteiger partial charge >= 0.3 is 0 Å². The molecule has 0 atom stereocenters. The van der Waals surface area contributed by atoms with Crippen LogP contribution in [0.3, 0.4) is 0 Å². The minimum atomic E-state index is 1.26. The van der Waals surface area contributed by atoms with Crippen LogP contribution in [0.1, 0.15) is 25.0 Å². The molecule has 56 valence electrons. The molecule has 0 bridgehead atoms. The molecular formula is C9H15N. The minimum absolute atomic E-state index is 1.26. The molecule has 0 saturated heterocycles. The van der Waals surface area contributed by atoms with E-state index in [0.29, 0.717) is 0 Å². The Hall–Kier alpha value is -0.850. The van der Waals surface area contributed by atoms with Crippen LogP contribution in [0.15, 0.2) is 18.5 Å². The topological polar surface area (TPSA) is 12.9 Å². The Morgan fingerprint density at radius 2 is 1.70 bits per heavy atom. The molecule has 0 spiro atoms. The smallest absolute Gasteiger partial charge is 0.0299 e. The summed E-state index contributed by atoms with van der Waals surface area (Å²) in [5, 5.41) is 0. The first-order valence-electron chi connectivity index (χ1n) is 3.68. The molecule has 0 aromatic carbocycles. The summed E-state index contributed by atoms with van der Waals surface area (Å²) in [6.07, 6.45) is 3.68. The maximum absolute atomic E-state index is 3.95. The first-order chi connectivity index (χ1) is 4.80. The van der Waals surface area contributed by atoms with Crippen molar-refractivity contribution in [3.8, 4) is 0 Å². The van der Waals surface area contributed by atoms with E-state index in [9.17, 15) is 0 Å². The molecule has 0 amide bonds. The molecule has 0 saturated carbocycles. The van der Waals surface area contributed by atoms with E-state index in [4.69, 9.17) is 0 Å². The van der Waals surface area contributed by atoms with Gasteiger partial charge in [-0.25, -0.2) is 0 Å². The van der Waals surface area contributed by atoms with Gasteiger partial charge < -0.3 is 0 Å². The van der Waals surface area contributed by atoms with Gasteiger partial charge in [-0.2, -0.15) is 0 Å². The summed E-state index contributed by atoms with van der Waals surface area (Å²) in [6.45, 7) is 8.14. The van der Waals surface area contributed by atoms with Gasteiger partial charge in [-0.15, -0.1) is 0 Å². The van der Waals surface area contributed by atoms with Crippen LogP contribution in [0.25, 0.3) is 0 Å². The zero-order valence-corrected chi connectivity index (χ0v) is 7.18. The predicted molar refractivity (Wildman–Crippen MR) is 45.1 cm³/mol. The molecule has 0 aliphatic rings. The molecule has 0 aliphatic heterocycles. The Morgan fingerprint density at radius 3 is 2.00 bits per heavy atom. The fourth-order valence-electron chi connectivity index (χ4n) is 0.543. The number of aryl methyl sites for hydroxylation is 2. The maximum Gasteiger partial charge on any atom is 0.0299 e. The molecule has 1 heteroatoms. The van der Waals surface area contributed by atoms with Crippen LogP contribution in [-0.4, -0.2) is 4.98 Å². The van der Waals surface area contributed by atoms with Crippen LogP contribution < -0.4 is 0 Å². The van der Waals surface area contributed by atoms with Crippen molar-refractivity contribution in [1.82, 2.24) is 4.98 Å². The highest BCUT2D eigenvalue weighted by molar-refractivity contribution is 5.18. The summed E-state index contributed by atoms with van der Waals surface area (Å²) in [6, 6.07) is 2.01.